The summed E-state index contributed by atoms with van der Waals surface area (Å²) in [6.07, 6.45) is 2.05. The average molecular weight is 340 g/mol. The van der Waals surface area contributed by atoms with E-state index < -0.39 is 0 Å². The molecule has 5 nitrogen and oxygen atoms in total. The first kappa shape index (κ1) is 17.7. The minimum Gasteiger partial charge on any atom is -0.391 e. The van der Waals surface area contributed by atoms with Crippen LogP contribution < -0.4 is 10.6 Å². The van der Waals surface area contributed by atoms with E-state index in [0.29, 0.717) is 24.7 Å². The van der Waals surface area contributed by atoms with Crippen molar-refractivity contribution in [2.45, 2.75) is 24.9 Å². The number of thiazole rings is 1. The fourth-order valence-electron chi connectivity index (χ4n) is 2.15. The van der Waals surface area contributed by atoms with Crippen LogP contribution in [0.25, 0.3) is 0 Å². The summed E-state index contributed by atoms with van der Waals surface area (Å²) in [5, 5.41) is 18.5. The quantitative estimate of drug-likeness (QED) is 0.769. The molecule has 3 N–H and O–H groups in total. The first-order chi connectivity index (χ1) is 8.74. The van der Waals surface area contributed by atoms with Crippen molar-refractivity contribution < 1.29 is 9.90 Å². The lowest BCUT2D eigenvalue weighted by molar-refractivity contribution is 0.0922. The zero-order valence-electron chi connectivity index (χ0n) is 10.9. The van der Waals surface area contributed by atoms with E-state index in [1.54, 1.807) is 11.3 Å². The number of carbonyl (C=O) groups is 1. The van der Waals surface area contributed by atoms with Gasteiger partial charge in [-0.1, -0.05) is 0 Å². The van der Waals surface area contributed by atoms with Crippen molar-refractivity contribution >= 4 is 42.1 Å². The predicted octanol–water partition coefficient (Wildman–Crippen LogP) is 1.17. The molecule has 3 rings (SSSR count). The van der Waals surface area contributed by atoms with Crippen LogP contribution in [0, 0.1) is 5.92 Å². The van der Waals surface area contributed by atoms with E-state index in [1.165, 1.54) is 12.8 Å². The van der Waals surface area contributed by atoms with Crippen LogP contribution in [0.5, 0.6) is 0 Å². The summed E-state index contributed by atoms with van der Waals surface area (Å²) in [6, 6.07) is 0. The van der Waals surface area contributed by atoms with E-state index in [-0.39, 0.29) is 42.7 Å². The second-order valence-electron chi connectivity index (χ2n) is 5.04. The van der Waals surface area contributed by atoms with Gasteiger partial charge in [-0.05, 0) is 12.8 Å². The van der Waals surface area contributed by atoms with Gasteiger partial charge in [0.05, 0.1) is 11.1 Å². The van der Waals surface area contributed by atoms with Gasteiger partial charge in [0.1, 0.15) is 5.69 Å². The Morgan fingerprint density at radius 2 is 2.20 bits per heavy atom. The molecule has 0 aromatic carbocycles. The molecule has 1 amide bonds. The Morgan fingerprint density at radius 1 is 1.45 bits per heavy atom. The number of aliphatic hydroxyl groups excluding tert-OH is 1. The largest absolute Gasteiger partial charge is 0.391 e. The topological polar surface area (TPSA) is 74.2 Å². The van der Waals surface area contributed by atoms with Crippen LogP contribution in [0.1, 0.15) is 34.3 Å². The van der Waals surface area contributed by atoms with Gasteiger partial charge in [0, 0.05) is 36.9 Å². The Morgan fingerprint density at radius 3 is 2.80 bits per heavy atom. The molecule has 2 heterocycles. The van der Waals surface area contributed by atoms with Crippen LogP contribution in [0.3, 0.4) is 0 Å². The maximum absolute atomic E-state index is 11.9. The van der Waals surface area contributed by atoms with Crippen LogP contribution in [0.2, 0.25) is 0 Å². The Labute approximate surface area is 134 Å². The highest BCUT2D eigenvalue weighted by molar-refractivity contribution is 7.10. The van der Waals surface area contributed by atoms with Crippen LogP contribution in [0.4, 0.5) is 0 Å². The van der Waals surface area contributed by atoms with Crippen molar-refractivity contribution in [3.8, 4) is 0 Å². The molecular weight excluding hydrogens is 321 g/mol. The molecule has 2 aliphatic rings. The van der Waals surface area contributed by atoms with Crippen molar-refractivity contribution in [2.75, 3.05) is 19.6 Å². The lowest BCUT2D eigenvalue weighted by atomic mass is 10.1. The third kappa shape index (κ3) is 4.05. The molecule has 2 unspecified atom stereocenters. The van der Waals surface area contributed by atoms with E-state index in [1.807, 2.05) is 5.38 Å². The molecule has 114 valence electrons. The summed E-state index contributed by atoms with van der Waals surface area (Å²) in [7, 11) is 0. The molecular formula is C12H19Cl2N3O2S. The number of aromatic nitrogens is 1. The number of rotatable bonds is 4. The molecule has 1 aliphatic carbocycles. The fraction of sp³-hybridized carbons (Fsp3) is 0.667. The molecule has 0 radical (unpaired) electrons. The zero-order chi connectivity index (χ0) is 12.5. The smallest absolute Gasteiger partial charge is 0.270 e. The summed E-state index contributed by atoms with van der Waals surface area (Å²) in [5.74, 6) is 0.574. The number of carbonyl (C=O) groups excluding carboxylic acids is 1. The standard InChI is InChI=1S/C12H17N3O2S.2ClH/c16-10-5-13-3-8(10)4-14-11(17)9-6-18-12(15-9)7-1-2-7;;/h6-8,10,13,16H,1-5H2,(H,14,17);2*1H. The number of aliphatic hydroxyl groups is 1. The SMILES string of the molecule is Cl.Cl.O=C(NCC1CNCC1O)c1csc(C2CC2)n1. The minimum absolute atomic E-state index is 0. The lowest BCUT2D eigenvalue weighted by Gasteiger charge is -2.13. The van der Waals surface area contributed by atoms with Crippen molar-refractivity contribution in [3.05, 3.63) is 16.1 Å². The van der Waals surface area contributed by atoms with Gasteiger partial charge in [-0.15, -0.1) is 36.2 Å². The summed E-state index contributed by atoms with van der Waals surface area (Å²) in [6.45, 7) is 1.87. The van der Waals surface area contributed by atoms with Gasteiger partial charge in [-0.2, -0.15) is 0 Å². The molecule has 1 saturated carbocycles. The molecule has 1 aromatic rings. The monoisotopic (exact) mass is 339 g/mol. The van der Waals surface area contributed by atoms with Gasteiger partial charge < -0.3 is 15.7 Å². The lowest BCUT2D eigenvalue weighted by Crippen LogP contribution is -2.34. The van der Waals surface area contributed by atoms with Gasteiger partial charge in [-0.25, -0.2) is 4.98 Å². The van der Waals surface area contributed by atoms with Crippen LogP contribution in [-0.4, -0.2) is 41.7 Å². The Kier molecular flexibility index (Phi) is 6.68. The number of amides is 1. The van der Waals surface area contributed by atoms with Crippen molar-refractivity contribution in [3.63, 3.8) is 0 Å². The van der Waals surface area contributed by atoms with Gasteiger partial charge in [0.25, 0.3) is 5.91 Å². The van der Waals surface area contributed by atoms with Crippen molar-refractivity contribution in [2.24, 2.45) is 5.92 Å². The third-order valence-corrected chi connectivity index (χ3v) is 4.52. The number of nitrogens with zero attached hydrogens (tertiary/aromatic N) is 1. The van der Waals surface area contributed by atoms with E-state index >= 15 is 0 Å². The summed E-state index contributed by atoms with van der Waals surface area (Å²) in [4.78, 5) is 16.3. The summed E-state index contributed by atoms with van der Waals surface area (Å²) >= 11 is 1.57. The summed E-state index contributed by atoms with van der Waals surface area (Å²) < 4.78 is 0. The van der Waals surface area contributed by atoms with Gasteiger partial charge >= 0.3 is 0 Å². The average Bonchev–Trinajstić information content (AvgIpc) is 2.95. The number of nitrogens with one attached hydrogen (secondary N) is 2. The molecule has 1 aromatic heterocycles. The Bertz CT molecular complexity index is 454. The number of halogens is 2. The molecule has 20 heavy (non-hydrogen) atoms. The first-order valence-electron chi connectivity index (χ1n) is 6.36. The van der Waals surface area contributed by atoms with E-state index in [2.05, 4.69) is 15.6 Å². The van der Waals surface area contributed by atoms with Crippen LogP contribution in [0.15, 0.2) is 5.38 Å². The first-order valence-corrected chi connectivity index (χ1v) is 7.24. The molecule has 8 heteroatoms. The number of hydrogen-bond donors (Lipinski definition) is 3. The van der Waals surface area contributed by atoms with Crippen molar-refractivity contribution in [1.82, 2.24) is 15.6 Å². The van der Waals surface area contributed by atoms with Crippen LogP contribution >= 0.6 is 36.2 Å². The van der Waals surface area contributed by atoms with E-state index in [9.17, 15) is 9.90 Å². The third-order valence-electron chi connectivity index (χ3n) is 3.51. The maximum Gasteiger partial charge on any atom is 0.270 e. The summed E-state index contributed by atoms with van der Waals surface area (Å²) in [5.41, 5.74) is 0.516. The number of β-amino-alcohol motifs (C(OH)–C–C–N with tert-alkyl or cyclic N) is 1. The second-order valence-corrected chi connectivity index (χ2v) is 5.93. The highest BCUT2D eigenvalue weighted by atomic mass is 35.5. The minimum atomic E-state index is -0.359. The van der Waals surface area contributed by atoms with E-state index in [0.717, 1.165) is 11.6 Å². The Balaban J connectivity index is 0.000001000. The van der Waals surface area contributed by atoms with Crippen molar-refractivity contribution in [1.29, 1.82) is 0 Å². The maximum atomic E-state index is 11.9. The Hall–Kier alpha value is -0.400. The van der Waals surface area contributed by atoms with Gasteiger partial charge in [0.2, 0.25) is 0 Å². The fourth-order valence-corrected chi connectivity index (χ4v) is 3.12. The predicted molar refractivity (Wildman–Crippen MR) is 83.3 cm³/mol. The molecule has 2 atom stereocenters. The molecule has 0 spiro atoms. The molecule has 1 aliphatic heterocycles. The van der Waals surface area contributed by atoms with Gasteiger partial charge in [0.15, 0.2) is 0 Å². The second kappa shape index (κ2) is 7.56. The highest BCUT2D eigenvalue weighted by Gasteiger charge is 2.28. The van der Waals surface area contributed by atoms with E-state index in [4.69, 9.17) is 0 Å². The highest BCUT2D eigenvalue weighted by Crippen LogP contribution is 2.41. The molecule has 1 saturated heterocycles. The van der Waals surface area contributed by atoms with Crippen LogP contribution in [-0.2, 0) is 0 Å². The van der Waals surface area contributed by atoms with Gasteiger partial charge in [-0.3, -0.25) is 4.79 Å². The molecule has 2 fully saturated rings. The zero-order valence-corrected chi connectivity index (χ0v) is 13.3. The normalized spacial score (nSPS) is 24.6. The number of hydrogen-bond acceptors (Lipinski definition) is 5. The molecule has 0 bridgehead atoms.